The van der Waals surface area contributed by atoms with Crippen molar-refractivity contribution in [2.24, 2.45) is 0 Å². The standard InChI is InChI=1S/C24H35O8PSe/c1-29-21(25)17-18(22(26)30-2)20(24(28)32-4)34-33(19(17)23(27)31-3,15-11-7-5-8-12-15)16-13-9-6-10-14-16/h15-16,19H,5-14H2,1-4H3. The quantitative estimate of drug-likeness (QED) is 0.160. The average Bonchev–Trinajstić information content (AvgIpc) is 2.90. The molecule has 0 bridgehead atoms. The van der Waals surface area contributed by atoms with E-state index in [1.165, 1.54) is 28.4 Å². The first kappa shape index (κ1) is 27.0. The van der Waals surface area contributed by atoms with Gasteiger partial charge in [-0.2, -0.15) is 0 Å². The first-order valence-corrected chi connectivity index (χ1v) is 17.0. The summed E-state index contributed by atoms with van der Waals surface area (Å²) in [6.45, 7) is 0. The molecule has 1 aliphatic heterocycles. The summed E-state index contributed by atoms with van der Waals surface area (Å²) >= 11 is -0.524. The van der Waals surface area contributed by atoms with Gasteiger partial charge < -0.3 is 0 Å². The second-order valence-corrected chi connectivity index (χ2v) is 18.6. The van der Waals surface area contributed by atoms with Gasteiger partial charge in [-0.1, -0.05) is 0 Å². The van der Waals surface area contributed by atoms with Crippen molar-refractivity contribution in [3.63, 3.8) is 0 Å². The van der Waals surface area contributed by atoms with Crippen molar-refractivity contribution in [3.8, 4) is 0 Å². The number of esters is 3. The van der Waals surface area contributed by atoms with Crippen LogP contribution in [0.4, 0.5) is 0 Å². The van der Waals surface area contributed by atoms with Gasteiger partial charge in [0.1, 0.15) is 0 Å². The normalized spacial score (nSPS) is 25.1. The molecule has 34 heavy (non-hydrogen) atoms. The van der Waals surface area contributed by atoms with Crippen LogP contribution < -0.4 is 5.11 Å². The second-order valence-electron chi connectivity index (χ2n) is 8.96. The number of hydrogen-bond donors (Lipinski definition) is 0. The van der Waals surface area contributed by atoms with Crippen LogP contribution >= 0.6 is 5.51 Å². The van der Waals surface area contributed by atoms with Gasteiger partial charge in [0.05, 0.1) is 0 Å². The van der Waals surface area contributed by atoms with Crippen LogP contribution in [-0.2, 0) is 33.3 Å². The summed E-state index contributed by atoms with van der Waals surface area (Å²) in [6.07, 6.45) is 10.3. The van der Waals surface area contributed by atoms with Crippen LogP contribution in [0.25, 0.3) is 0 Å². The molecule has 0 aromatic rings. The van der Waals surface area contributed by atoms with Crippen molar-refractivity contribution in [2.45, 2.75) is 81.2 Å². The fraction of sp³-hybridized carbons (Fsp3) is 0.708. The molecule has 0 N–H and O–H groups in total. The van der Waals surface area contributed by atoms with Crippen molar-refractivity contribution in [2.75, 3.05) is 28.4 Å². The van der Waals surface area contributed by atoms with E-state index in [-0.39, 0.29) is 26.9 Å². The van der Waals surface area contributed by atoms with Crippen molar-refractivity contribution >= 4 is 37.5 Å². The van der Waals surface area contributed by atoms with Crippen LogP contribution in [0.5, 0.6) is 0 Å². The van der Waals surface area contributed by atoms with Crippen LogP contribution in [0.2, 0.25) is 0 Å². The second kappa shape index (κ2) is 11.9. The van der Waals surface area contributed by atoms with Gasteiger partial charge in [0, 0.05) is 0 Å². The van der Waals surface area contributed by atoms with Crippen LogP contribution in [-0.4, -0.2) is 77.4 Å². The zero-order chi connectivity index (χ0) is 24.9. The Kier molecular flexibility index (Phi) is 9.48. The number of rotatable bonds is 6. The summed E-state index contributed by atoms with van der Waals surface area (Å²) in [5, 5.41) is 13.3. The fourth-order valence-corrected chi connectivity index (χ4v) is 21.6. The molecular formula is C24H35O8PSe. The monoisotopic (exact) mass is 562 g/mol. The molecule has 2 saturated carbocycles. The number of ether oxygens (including phenoxy) is 4. The molecule has 1 atom stereocenters. The van der Waals surface area contributed by atoms with Gasteiger partial charge >= 0.3 is 207 Å². The van der Waals surface area contributed by atoms with E-state index in [1.54, 1.807) is 0 Å². The van der Waals surface area contributed by atoms with Crippen LogP contribution in [0.1, 0.15) is 64.2 Å². The van der Waals surface area contributed by atoms with Gasteiger partial charge in [-0.3, -0.25) is 0 Å². The maximum atomic E-state index is 13.6. The van der Waals surface area contributed by atoms with Gasteiger partial charge in [0.25, 0.3) is 0 Å². The first-order valence-electron chi connectivity index (χ1n) is 11.9. The summed E-state index contributed by atoms with van der Waals surface area (Å²) in [5.41, 5.74) is -3.04. The summed E-state index contributed by atoms with van der Waals surface area (Å²) < 4.78 is 20.7. The summed E-state index contributed by atoms with van der Waals surface area (Å²) in [4.78, 5) is 39.7. The van der Waals surface area contributed by atoms with E-state index in [0.717, 1.165) is 64.2 Å². The molecule has 3 rings (SSSR count). The molecule has 0 saturated heterocycles. The first-order chi connectivity index (χ1) is 16.4. The Morgan fingerprint density at radius 2 is 1.26 bits per heavy atom. The Balaban J connectivity index is 2.49. The number of carbonyl (C=O) groups excluding carboxylic acids is 3. The minimum atomic E-state index is -2.37. The summed E-state index contributed by atoms with van der Waals surface area (Å²) in [6, 6.07) is 0. The average molecular weight is 561 g/mol. The summed E-state index contributed by atoms with van der Waals surface area (Å²) in [7, 11) is 5.00. The van der Waals surface area contributed by atoms with E-state index in [0.29, 0.717) is 0 Å². The molecule has 0 spiro atoms. The Bertz CT molecular complexity index is 903. The molecular weight excluding hydrogens is 526 g/mol. The van der Waals surface area contributed by atoms with Crippen molar-refractivity contribution < 1.29 is 38.4 Å². The molecule has 0 radical (unpaired) electrons. The molecule has 1 heterocycles. The zero-order valence-electron chi connectivity index (χ0n) is 20.4. The fourth-order valence-electron chi connectivity index (χ4n) is 5.81. The van der Waals surface area contributed by atoms with E-state index in [1.807, 2.05) is 0 Å². The third kappa shape index (κ3) is 4.89. The van der Waals surface area contributed by atoms with Gasteiger partial charge in [-0.25, -0.2) is 0 Å². The van der Waals surface area contributed by atoms with Crippen LogP contribution in [0.3, 0.4) is 0 Å². The van der Waals surface area contributed by atoms with E-state index >= 15 is 0 Å². The van der Waals surface area contributed by atoms with Crippen LogP contribution in [0, 0.1) is 0 Å². The van der Waals surface area contributed by atoms with Gasteiger partial charge in [-0.05, 0) is 0 Å². The Hall–Kier alpha value is -1.56. The molecule has 0 amide bonds. The summed E-state index contributed by atoms with van der Waals surface area (Å²) in [5.74, 6) is -2.77. The third-order valence-electron chi connectivity index (χ3n) is 7.30. The molecule has 1 unspecified atom stereocenters. The van der Waals surface area contributed by atoms with Crippen LogP contribution in [0.15, 0.2) is 21.6 Å². The van der Waals surface area contributed by atoms with E-state index in [9.17, 15) is 19.5 Å². The van der Waals surface area contributed by atoms with Gasteiger partial charge in [0.15, 0.2) is 0 Å². The predicted octanol–water partition coefficient (Wildman–Crippen LogP) is 2.66. The number of carbonyl (C=O) groups is 3. The molecule has 10 heteroatoms. The van der Waals surface area contributed by atoms with Crippen molar-refractivity contribution in [3.05, 3.63) is 21.6 Å². The zero-order valence-corrected chi connectivity index (χ0v) is 23.0. The molecule has 2 fully saturated rings. The van der Waals surface area contributed by atoms with E-state index < -0.39 is 49.1 Å². The molecule has 8 nitrogen and oxygen atoms in total. The maximum absolute atomic E-state index is 13.6. The molecule has 190 valence electrons. The third-order valence-corrected chi connectivity index (χ3v) is 21.4. The van der Waals surface area contributed by atoms with E-state index in [2.05, 4.69) is 0 Å². The number of methoxy groups -OCH3 is 4. The SMILES string of the molecule is COC(=O)C1=C(C(=O)OC)C(=C([O-])OC)C(C(=O)OC)P(C2CCCCC2)(C2CCCCC2)=[Se+]1. The number of hydrogen-bond acceptors (Lipinski definition) is 8. The topological polar surface area (TPSA) is 111 Å². The molecule has 3 aliphatic rings. The Morgan fingerprint density at radius 3 is 1.68 bits per heavy atom. The minimum absolute atomic E-state index is 0.0702. The van der Waals surface area contributed by atoms with Gasteiger partial charge in [0.2, 0.25) is 0 Å². The van der Waals surface area contributed by atoms with Gasteiger partial charge in [-0.15, -0.1) is 0 Å². The van der Waals surface area contributed by atoms with Crippen molar-refractivity contribution in [1.29, 1.82) is 0 Å². The molecule has 0 aromatic heterocycles. The van der Waals surface area contributed by atoms with Crippen molar-refractivity contribution in [1.82, 2.24) is 0 Å². The predicted molar refractivity (Wildman–Crippen MR) is 127 cm³/mol. The molecule has 0 aromatic carbocycles. The Morgan fingerprint density at radius 1 is 0.765 bits per heavy atom. The van der Waals surface area contributed by atoms with E-state index in [4.69, 9.17) is 18.9 Å². The molecule has 2 aliphatic carbocycles. The Labute approximate surface area is 207 Å².